The molecule has 1 atom stereocenters. The third-order valence-electron chi connectivity index (χ3n) is 3.23. The van der Waals surface area contributed by atoms with Crippen molar-refractivity contribution in [1.29, 1.82) is 0 Å². The number of benzene rings is 1. The van der Waals surface area contributed by atoms with E-state index in [0.717, 1.165) is 41.3 Å². The third-order valence-corrected chi connectivity index (χ3v) is 3.92. The summed E-state index contributed by atoms with van der Waals surface area (Å²) in [5, 5.41) is 8.62. The van der Waals surface area contributed by atoms with Crippen LogP contribution in [0.1, 0.15) is 12.0 Å². The van der Waals surface area contributed by atoms with Crippen LogP contribution in [0, 0.1) is 0 Å². The number of hydrogen-bond donors (Lipinski definition) is 1. The lowest BCUT2D eigenvalue weighted by atomic mass is 10.2. The summed E-state index contributed by atoms with van der Waals surface area (Å²) >= 11 is 3.47. The van der Waals surface area contributed by atoms with Crippen LogP contribution in [-0.2, 0) is 9.53 Å². The Kier molecular flexibility index (Phi) is 4.61. The molecule has 1 saturated heterocycles. The topological polar surface area (TPSA) is 49.8 Å². The number of carboxylic acid groups (broad SMARTS) is 1. The Labute approximate surface area is 120 Å². The molecule has 1 aromatic rings. The van der Waals surface area contributed by atoms with Crippen molar-refractivity contribution in [3.63, 3.8) is 0 Å². The average Bonchev–Trinajstić information content (AvgIpc) is 2.85. The first-order chi connectivity index (χ1) is 9.10. The zero-order chi connectivity index (χ0) is 13.8. The number of rotatable bonds is 4. The molecule has 1 aromatic carbocycles. The number of halogens is 1. The molecule has 0 aromatic heterocycles. The lowest BCUT2D eigenvalue weighted by molar-refractivity contribution is -0.131. The van der Waals surface area contributed by atoms with E-state index in [9.17, 15) is 4.79 Å². The molecule has 1 heterocycles. The summed E-state index contributed by atoms with van der Waals surface area (Å²) < 4.78 is 6.24. The molecule has 1 fully saturated rings. The fraction of sp³-hybridized carbons (Fsp3) is 0.357. The predicted molar refractivity (Wildman–Crippen MR) is 78.4 cm³/mol. The van der Waals surface area contributed by atoms with Crippen molar-refractivity contribution in [2.75, 3.05) is 25.1 Å². The van der Waals surface area contributed by atoms with Gasteiger partial charge in [0, 0.05) is 36.4 Å². The molecule has 2 rings (SSSR count). The van der Waals surface area contributed by atoms with Gasteiger partial charge in [0.15, 0.2) is 0 Å². The van der Waals surface area contributed by atoms with Gasteiger partial charge in [-0.3, -0.25) is 0 Å². The van der Waals surface area contributed by atoms with Crippen molar-refractivity contribution < 1.29 is 14.6 Å². The highest BCUT2D eigenvalue weighted by molar-refractivity contribution is 9.10. The fourth-order valence-electron chi connectivity index (χ4n) is 2.16. The molecule has 0 amide bonds. The first-order valence-corrected chi connectivity index (χ1v) is 6.87. The van der Waals surface area contributed by atoms with Gasteiger partial charge in [0.1, 0.15) is 0 Å². The monoisotopic (exact) mass is 325 g/mol. The summed E-state index contributed by atoms with van der Waals surface area (Å²) in [6.07, 6.45) is 4.05. The molecule has 102 valence electrons. The van der Waals surface area contributed by atoms with E-state index in [1.807, 2.05) is 18.2 Å². The maximum absolute atomic E-state index is 10.5. The van der Waals surface area contributed by atoms with Crippen LogP contribution in [0.15, 0.2) is 28.7 Å². The Morgan fingerprint density at radius 3 is 2.95 bits per heavy atom. The van der Waals surface area contributed by atoms with Crippen molar-refractivity contribution in [3.05, 3.63) is 34.3 Å². The number of carboxylic acids is 1. The molecule has 19 heavy (non-hydrogen) atoms. The zero-order valence-electron chi connectivity index (χ0n) is 10.7. The van der Waals surface area contributed by atoms with Gasteiger partial charge >= 0.3 is 5.97 Å². The molecule has 1 unspecified atom stereocenters. The van der Waals surface area contributed by atoms with E-state index in [0.29, 0.717) is 6.10 Å². The van der Waals surface area contributed by atoms with Gasteiger partial charge in [-0.15, -0.1) is 0 Å². The summed E-state index contributed by atoms with van der Waals surface area (Å²) in [6.45, 7) is 1.88. The largest absolute Gasteiger partial charge is 0.478 e. The fourth-order valence-corrected chi connectivity index (χ4v) is 2.66. The molecule has 5 heteroatoms. The van der Waals surface area contributed by atoms with Gasteiger partial charge in [0.25, 0.3) is 0 Å². The van der Waals surface area contributed by atoms with Gasteiger partial charge in [-0.1, -0.05) is 22.0 Å². The summed E-state index contributed by atoms with van der Waals surface area (Å²) in [6, 6.07) is 5.93. The molecule has 0 spiro atoms. The molecule has 0 saturated carbocycles. The highest BCUT2D eigenvalue weighted by Gasteiger charge is 2.22. The number of carbonyl (C=O) groups is 1. The van der Waals surface area contributed by atoms with E-state index in [1.165, 1.54) is 0 Å². The molecule has 0 bridgehead atoms. The first kappa shape index (κ1) is 14.1. The SMILES string of the molecule is COC1CCN(c2ccc(/C=C/C(=O)O)c(Br)c2)C1. The van der Waals surface area contributed by atoms with Crippen LogP contribution in [0.3, 0.4) is 0 Å². The molecular weight excluding hydrogens is 310 g/mol. The number of methoxy groups -OCH3 is 1. The minimum absolute atomic E-state index is 0.297. The smallest absolute Gasteiger partial charge is 0.328 e. The molecule has 1 aliphatic heterocycles. The molecule has 0 aliphatic carbocycles. The van der Waals surface area contributed by atoms with E-state index >= 15 is 0 Å². The van der Waals surface area contributed by atoms with Gasteiger partial charge in [0.2, 0.25) is 0 Å². The molecule has 0 radical (unpaired) electrons. The van der Waals surface area contributed by atoms with Crippen molar-refractivity contribution in [1.82, 2.24) is 0 Å². The Balaban J connectivity index is 2.13. The van der Waals surface area contributed by atoms with Gasteiger partial charge in [-0.2, -0.15) is 0 Å². The van der Waals surface area contributed by atoms with E-state index in [4.69, 9.17) is 9.84 Å². The van der Waals surface area contributed by atoms with E-state index in [2.05, 4.69) is 20.8 Å². The van der Waals surface area contributed by atoms with Crippen molar-refractivity contribution in [2.45, 2.75) is 12.5 Å². The highest BCUT2D eigenvalue weighted by atomic mass is 79.9. The Morgan fingerprint density at radius 1 is 1.58 bits per heavy atom. The van der Waals surface area contributed by atoms with Crippen LogP contribution < -0.4 is 4.90 Å². The van der Waals surface area contributed by atoms with Crippen LogP contribution in [0.2, 0.25) is 0 Å². The predicted octanol–water partition coefficient (Wildman–Crippen LogP) is 2.77. The molecule has 1 N–H and O–H groups in total. The minimum atomic E-state index is -0.946. The maximum atomic E-state index is 10.5. The molecular formula is C14H16BrNO3. The number of ether oxygens (including phenoxy) is 1. The Hall–Kier alpha value is -1.33. The number of anilines is 1. The lowest BCUT2D eigenvalue weighted by Gasteiger charge is -2.19. The van der Waals surface area contributed by atoms with Crippen molar-refractivity contribution in [3.8, 4) is 0 Å². The van der Waals surface area contributed by atoms with E-state index in [1.54, 1.807) is 13.2 Å². The van der Waals surface area contributed by atoms with E-state index in [-0.39, 0.29) is 0 Å². The Bertz CT molecular complexity index is 501. The third kappa shape index (κ3) is 3.58. The number of nitrogens with zero attached hydrogens (tertiary/aromatic N) is 1. The van der Waals surface area contributed by atoms with Crippen LogP contribution in [0.25, 0.3) is 6.08 Å². The van der Waals surface area contributed by atoms with Gasteiger partial charge in [-0.25, -0.2) is 4.79 Å². The second-order valence-corrected chi connectivity index (χ2v) is 5.32. The van der Waals surface area contributed by atoms with Crippen LogP contribution >= 0.6 is 15.9 Å². The number of aliphatic carboxylic acids is 1. The van der Waals surface area contributed by atoms with Gasteiger partial charge in [-0.05, 0) is 30.2 Å². The first-order valence-electron chi connectivity index (χ1n) is 6.08. The average molecular weight is 326 g/mol. The number of hydrogen-bond acceptors (Lipinski definition) is 3. The van der Waals surface area contributed by atoms with Crippen LogP contribution in [-0.4, -0.2) is 37.4 Å². The second kappa shape index (κ2) is 6.21. The zero-order valence-corrected chi connectivity index (χ0v) is 12.3. The lowest BCUT2D eigenvalue weighted by Crippen LogP contribution is -2.22. The summed E-state index contributed by atoms with van der Waals surface area (Å²) in [7, 11) is 1.74. The van der Waals surface area contributed by atoms with Crippen molar-refractivity contribution in [2.24, 2.45) is 0 Å². The van der Waals surface area contributed by atoms with Gasteiger partial charge in [0.05, 0.1) is 6.10 Å². The van der Waals surface area contributed by atoms with Crippen molar-refractivity contribution >= 4 is 33.7 Å². The standard InChI is InChI=1S/C14H16BrNO3/c1-19-12-6-7-16(9-12)11-4-2-10(13(15)8-11)3-5-14(17)18/h2-5,8,12H,6-7,9H2,1H3,(H,17,18)/b5-3+. The quantitative estimate of drug-likeness (QED) is 0.865. The maximum Gasteiger partial charge on any atom is 0.328 e. The highest BCUT2D eigenvalue weighted by Crippen LogP contribution is 2.28. The van der Waals surface area contributed by atoms with Gasteiger partial charge < -0.3 is 14.7 Å². The molecule has 1 aliphatic rings. The summed E-state index contributed by atoms with van der Waals surface area (Å²) in [5.74, 6) is -0.946. The summed E-state index contributed by atoms with van der Waals surface area (Å²) in [5.41, 5.74) is 1.98. The summed E-state index contributed by atoms with van der Waals surface area (Å²) in [4.78, 5) is 12.8. The van der Waals surface area contributed by atoms with Crippen LogP contribution in [0.4, 0.5) is 5.69 Å². The second-order valence-electron chi connectivity index (χ2n) is 4.47. The normalized spacial score (nSPS) is 19.3. The molecule has 4 nitrogen and oxygen atoms in total. The van der Waals surface area contributed by atoms with E-state index < -0.39 is 5.97 Å². The van der Waals surface area contributed by atoms with Crippen LogP contribution in [0.5, 0.6) is 0 Å². The Morgan fingerprint density at radius 2 is 2.37 bits per heavy atom. The minimum Gasteiger partial charge on any atom is -0.478 e.